The largest absolute Gasteiger partial charge is 0.375 e. The lowest BCUT2D eigenvalue weighted by Crippen LogP contribution is -2.53. The maximum Gasteiger partial charge on any atom is 0.0730 e. The van der Waals surface area contributed by atoms with E-state index in [1.54, 1.807) is 0 Å². The fraction of sp³-hybridized carbons (Fsp3) is 1.00. The monoisotopic (exact) mass is 238 g/mol. The first kappa shape index (κ1) is 11.9. The predicted octanol–water partition coefficient (Wildman–Crippen LogP) is 1.76. The molecule has 0 aromatic heterocycles. The van der Waals surface area contributed by atoms with Crippen LogP contribution in [0.1, 0.15) is 44.9 Å². The van der Waals surface area contributed by atoms with E-state index in [0.29, 0.717) is 17.6 Å². The molecule has 98 valence electrons. The molecule has 17 heavy (non-hydrogen) atoms. The lowest BCUT2D eigenvalue weighted by atomic mass is 9.85. The van der Waals surface area contributed by atoms with Crippen molar-refractivity contribution in [2.75, 3.05) is 26.2 Å². The summed E-state index contributed by atoms with van der Waals surface area (Å²) in [6.45, 7) is 4.17. The van der Waals surface area contributed by atoms with E-state index >= 15 is 0 Å². The first-order valence-corrected chi connectivity index (χ1v) is 7.39. The topological polar surface area (TPSA) is 38.5 Å². The Kier molecular flexibility index (Phi) is 3.42. The lowest BCUT2D eigenvalue weighted by molar-refractivity contribution is -0.0676. The van der Waals surface area contributed by atoms with Crippen LogP contribution in [0.5, 0.6) is 0 Å². The zero-order valence-corrected chi connectivity index (χ0v) is 10.9. The van der Waals surface area contributed by atoms with Crippen LogP contribution in [0.4, 0.5) is 0 Å². The van der Waals surface area contributed by atoms with Crippen molar-refractivity contribution in [1.82, 2.24) is 4.90 Å². The number of fused-ring (bicyclic) bond motifs is 1. The van der Waals surface area contributed by atoms with Gasteiger partial charge in [-0.3, -0.25) is 4.90 Å². The maximum absolute atomic E-state index is 6.07. The van der Waals surface area contributed by atoms with Crippen LogP contribution in [0.3, 0.4) is 0 Å². The maximum atomic E-state index is 6.07. The van der Waals surface area contributed by atoms with Gasteiger partial charge in [-0.05, 0) is 44.1 Å². The number of ether oxygens (including phenoxy) is 1. The molecule has 2 N–H and O–H groups in total. The van der Waals surface area contributed by atoms with Gasteiger partial charge in [0.15, 0.2) is 0 Å². The van der Waals surface area contributed by atoms with E-state index in [1.807, 2.05) is 0 Å². The summed E-state index contributed by atoms with van der Waals surface area (Å²) in [5, 5.41) is 0. The summed E-state index contributed by atoms with van der Waals surface area (Å²) in [4.78, 5) is 2.71. The van der Waals surface area contributed by atoms with Crippen LogP contribution >= 0.6 is 0 Å². The summed E-state index contributed by atoms with van der Waals surface area (Å²) in [6.07, 6.45) is 9.95. The Morgan fingerprint density at radius 3 is 2.76 bits per heavy atom. The molecule has 0 aromatic rings. The molecule has 0 bridgehead atoms. The van der Waals surface area contributed by atoms with Crippen LogP contribution in [0.2, 0.25) is 0 Å². The molecule has 3 fully saturated rings. The zero-order chi connectivity index (χ0) is 11.7. The van der Waals surface area contributed by atoms with Crippen LogP contribution in [-0.2, 0) is 4.74 Å². The van der Waals surface area contributed by atoms with E-state index in [2.05, 4.69) is 4.90 Å². The van der Waals surface area contributed by atoms with Crippen molar-refractivity contribution in [2.24, 2.45) is 11.1 Å². The quantitative estimate of drug-likeness (QED) is 0.814. The molecule has 3 heteroatoms. The molecule has 0 aromatic carbocycles. The van der Waals surface area contributed by atoms with Gasteiger partial charge in [0.2, 0.25) is 0 Å². The van der Waals surface area contributed by atoms with Crippen molar-refractivity contribution in [1.29, 1.82) is 0 Å². The van der Waals surface area contributed by atoms with E-state index in [-0.39, 0.29) is 0 Å². The fourth-order valence-corrected chi connectivity index (χ4v) is 4.18. The van der Waals surface area contributed by atoms with E-state index < -0.39 is 0 Å². The highest BCUT2D eigenvalue weighted by atomic mass is 16.5. The van der Waals surface area contributed by atoms with Gasteiger partial charge >= 0.3 is 0 Å². The van der Waals surface area contributed by atoms with Crippen LogP contribution in [0, 0.1) is 5.41 Å². The SMILES string of the molecule is NCC1(CN2CCOC3CCCC32)CCCC1. The Balaban J connectivity index is 1.66. The molecule has 1 heterocycles. The molecule has 3 nitrogen and oxygen atoms in total. The van der Waals surface area contributed by atoms with Gasteiger partial charge in [-0.25, -0.2) is 0 Å². The van der Waals surface area contributed by atoms with Crippen LogP contribution < -0.4 is 5.73 Å². The van der Waals surface area contributed by atoms with Gasteiger partial charge in [-0.1, -0.05) is 12.8 Å². The van der Waals surface area contributed by atoms with Crippen LogP contribution in [0.25, 0.3) is 0 Å². The molecule has 2 aliphatic carbocycles. The minimum absolute atomic E-state index is 0.435. The molecule has 0 spiro atoms. The minimum Gasteiger partial charge on any atom is -0.375 e. The highest BCUT2D eigenvalue weighted by molar-refractivity contribution is 4.95. The van der Waals surface area contributed by atoms with Crippen molar-refractivity contribution in [2.45, 2.75) is 57.1 Å². The normalized spacial score (nSPS) is 37.2. The number of hydrogen-bond acceptors (Lipinski definition) is 3. The number of hydrogen-bond donors (Lipinski definition) is 1. The summed E-state index contributed by atoms with van der Waals surface area (Å²) in [7, 11) is 0. The Bertz CT molecular complexity index is 263. The van der Waals surface area contributed by atoms with Crippen LogP contribution in [0.15, 0.2) is 0 Å². The van der Waals surface area contributed by atoms with E-state index in [1.165, 1.54) is 51.5 Å². The molecule has 2 saturated carbocycles. The summed E-state index contributed by atoms with van der Waals surface area (Å²) in [6, 6.07) is 0.702. The summed E-state index contributed by atoms with van der Waals surface area (Å²) < 4.78 is 5.89. The van der Waals surface area contributed by atoms with Gasteiger partial charge in [0, 0.05) is 19.1 Å². The molecule has 3 rings (SSSR count). The van der Waals surface area contributed by atoms with Gasteiger partial charge in [0.05, 0.1) is 12.7 Å². The molecule has 1 saturated heterocycles. The number of nitrogens with zero attached hydrogens (tertiary/aromatic N) is 1. The Hall–Kier alpha value is -0.120. The van der Waals surface area contributed by atoms with E-state index in [0.717, 1.165) is 19.7 Å². The summed E-state index contributed by atoms with van der Waals surface area (Å²) in [5.74, 6) is 0. The molecule has 3 aliphatic rings. The Labute approximate surface area is 105 Å². The second kappa shape index (κ2) is 4.87. The van der Waals surface area contributed by atoms with Crippen LogP contribution in [-0.4, -0.2) is 43.3 Å². The molecule has 2 unspecified atom stereocenters. The summed E-state index contributed by atoms with van der Waals surface area (Å²) in [5.41, 5.74) is 6.50. The van der Waals surface area contributed by atoms with Crippen molar-refractivity contribution in [3.05, 3.63) is 0 Å². The van der Waals surface area contributed by atoms with Gasteiger partial charge in [-0.2, -0.15) is 0 Å². The first-order valence-electron chi connectivity index (χ1n) is 7.39. The van der Waals surface area contributed by atoms with Crippen molar-refractivity contribution in [3.63, 3.8) is 0 Å². The fourth-order valence-electron chi connectivity index (χ4n) is 4.18. The third-order valence-electron chi connectivity index (χ3n) is 5.23. The van der Waals surface area contributed by atoms with Gasteiger partial charge < -0.3 is 10.5 Å². The van der Waals surface area contributed by atoms with E-state index in [9.17, 15) is 0 Å². The third-order valence-corrected chi connectivity index (χ3v) is 5.23. The highest BCUT2D eigenvalue weighted by Gasteiger charge is 2.41. The van der Waals surface area contributed by atoms with Gasteiger partial charge in [0.25, 0.3) is 0 Å². The Morgan fingerprint density at radius 1 is 1.18 bits per heavy atom. The predicted molar refractivity (Wildman–Crippen MR) is 68.9 cm³/mol. The molecule has 0 amide bonds. The molecule has 2 atom stereocenters. The summed E-state index contributed by atoms with van der Waals surface area (Å²) >= 11 is 0. The molecule has 0 radical (unpaired) electrons. The van der Waals surface area contributed by atoms with Gasteiger partial charge in [-0.15, -0.1) is 0 Å². The zero-order valence-electron chi connectivity index (χ0n) is 10.9. The Morgan fingerprint density at radius 2 is 2.00 bits per heavy atom. The van der Waals surface area contributed by atoms with Gasteiger partial charge in [0.1, 0.15) is 0 Å². The molecular weight excluding hydrogens is 212 g/mol. The number of nitrogens with two attached hydrogens (primary N) is 1. The minimum atomic E-state index is 0.435. The number of rotatable bonds is 3. The smallest absolute Gasteiger partial charge is 0.0730 e. The van der Waals surface area contributed by atoms with Crippen molar-refractivity contribution < 1.29 is 4.74 Å². The number of morpholine rings is 1. The highest BCUT2D eigenvalue weighted by Crippen LogP contribution is 2.40. The second-order valence-electron chi connectivity index (χ2n) is 6.29. The molecular formula is C14H26N2O. The molecule has 1 aliphatic heterocycles. The first-order chi connectivity index (χ1) is 8.33. The van der Waals surface area contributed by atoms with E-state index in [4.69, 9.17) is 10.5 Å². The third kappa shape index (κ3) is 2.25. The van der Waals surface area contributed by atoms with Crippen molar-refractivity contribution in [3.8, 4) is 0 Å². The second-order valence-corrected chi connectivity index (χ2v) is 6.29. The average molecular weight is 238 g/mol. The lowest BCUT2D eigenvalue weighted by Gasteiger charge is -2.42. The average Bonchev–Trinajstić information content (AvgIpc) is 2.98. The standard InChI is InChI=1S/C14H26N2O/c15-10-14(6-1-2-7-14)11-16-8-9-17-13-5-3-4-12(13)16/h12-13H,1-11,15H2. The van der Waals surface area contributed by atoms with Crippen molar-refractivity contribution >= 4 is 0 Å².